The molecular weight excluding hydrogens is 434 g/mol. The maximum atomic E-state index is 9.98. The Morgan fingerprint density at radius 3 is 2.68 bits per heavy atom. The van der Waals surface area contributed by atoms with E-state index in [4.69, 9.17) is 0 Å². The molecule has 0 aliphatic carbocycles. The SMILES string of the molecule is Br.CCN1C(c2ccc(C)cc2)=CS/C1=C(\C#N)c1nnc2n1CCCCC2. The maximum absolute atomic E-state index is 9.98. The average Bonchev–Trinajstić information content (AvgIpc) is 3.20. The molecule has 7 heteroatoms. The Labute approximate surface area is 180 Å². The molecule has 0 saturated heterocycles. The van der Waals surface area contributed by atoms with Gasteiger partial charge in [-0.15, -0.1) is 27.2 Å². The van der Waals surface area contributed by atoms with Gasteiger partial charge in [0.25, 0.3) is 0 Å². The summed E-state index contributed by atoms with van der Waals surface area (Å²) in [6.45, 7) is 5.90. The van der Waals surface area contributed by atoms with Crippen molar-refractivity contribution in [3.05, 3.63) is 57.5 Å². The van der Waals surface area contributed by atoms with Crippen LogP contribution < -0.4 is 0 Å². The Kier molecular flexibility index (Phi) is 6.63. The maximum Gasteiger partial charge on any atom is 0.177 e. The number of aromatic nitrogens is 3. The number of halogens is 1. The molecule has 2 aliphatic heterocycles. The summed E-state index contributed by atoms with van der Waals surface area (Å²) in [6.07, 6.45) is 4.41. The first-order valence-corrected chi connectivity index (χ1v) is 10.4. The van der Waals surface area contributed by atoms with E-state index in [9.17, 15) is 5.26 Å². The van der Waals surface area contributed by atoms with Gasteiger partial charge in [0.15, 0.2) is 5.82 Å². The molecule has 5 nitrogen and oxygen atoms in total. The molecule has 2 aromatic rings. The Morgan fingerprint density at radius 2 is 1.96 bits per heavy atom. The lowest BCUT2D eigenvalue weighted by atomic mass is 10.1. The Balaban J connectivity index is 0.00000225. The lowest BCUT2D eigenvalue weighted by Crippen LogP contribution is -2.18. The van der Waals surface area contributed by atoms with Gasteiger partial charge in [0.05, 0.1) is 5.70 Å². The van der Waals surface area contributed by atoms with Crippen LogP contribution in [0.25, 0.3) is 11.3 Å². The number of hydrogen-bond acceptors (Lipinski definition) is 5. The van der Waals surface area contributed by atoms with E-state index in [2.05, 4.69) is 69.3 Å². The fraction of sp³-hybridized carbons (Fsp3) is 0.381. The zero-order chi connectivity index (χ0) is 18.8. The highest BCUT2D eigenvalue weighted by atomic mass is 79.9. The van der Waals surface area contributed by atoms with Crippen LogP contribution in [0.4, 0.5) is 0 Å². The molecule has 3 heterocycles. The van der Waals surface area contributed by atoms with Gasteiger partial charge in [0, 0.05) is 24.9 Å². The van der Waals surface area contributed by atoms with Crippen LogP contribution in [0.2, 0.25) is 0 Å². The third kappa shape index (κ3) is 3.76. The molecule has 146 valence electrons. The lowest BCUT2D eigenvalue weighted by molar-refractivity contribution is 0.556. The molecule has 1 aromatic carbocycles. The second-order valence-corrected chi connectivity index (χ2v) is 7.78. The Bertz CT molecular complexity index is 952. The van der Waals surface area contributed by atoms with Gasteiger partial charge < -0.3 is 9.47 Å². The molecule has 0 radical (unpaired) electrons. The van der Waals surface area contributed by atoms with E-state index in [1.165, 1.54) is 17.5 Å². The smallest absolute Gasteiger partial charge is 0.177 e. The molecule has 4 rings (SSSR count). The minimum atomic E-state index is 0. The molecule has 2 aliphatic rings. The first kappa shape index (κ1) is 20.7. The van der Waals surface area contributed by atoms with E-state index in [0.717, 1.165) is 48.9 Å². The summed E-state index contributed by atoms with van der Waals surface area (Å²) in [7, 11) is 0. The van der Waals surface area contributed by atoms with Crippen molar-refractivity contribution in [3.63, 3.8) is 0 Å². The van der Waals surface area contributed by atoms with Crippen LogP contribution in [0.1, 0.15) is 49.0 Å². The average molecular weight is 458 g/mol. The van der Waals surface area contributed by atoms with Crippen molar-refractivity contribution in [3.8, 4) is 6.07 Å². The number of nitriles is 1. The van der Waals surface area contributed by atoms with Crippen LogP contribution in [-0.4, -0.2) is 26.2 Å². The number of allylic oxidation sites excluding steroid dienone is 1. The van der Waals surface area contributed by atoms with Crippen molar-refractivity contribution in [2.24, 2.45) is 0 Å². The van der Waals surface area contributed by atoms with Gasteiger partial charge in [-0.25, -0.2) is 0 Å². The topological polar surface area (TPSA) is 57.7 Å². The second-order valence-electron chi connectivity index (χ2n) is 6.93. The summed E-state index contributed by atoms with van der Waals surface area (Å²) in [4.78, 5) is 2.21. The first-order valence-electron chi connectivity index (χ1n) is 9.51. The van der Waals surface area contributed by atoms with Gasteiger partial charge in [-0.2, -0.15) is 5.26 Å². The van der Waals surface area contributed by atoms with Gasteiger partial charge in [0.2, 0.25) is 0 Å². The van der Waals surface area contributed by atoms with Crippen LogP contribution in [0, 0.1) is 18.3 Å². The molecule has 0 fully saturated rings. The van der Waals surface area contributed by atoms with Crippen LogP contribution in [0.5, 0.6) is 0 Å². The molecular formula is C21H24BrN5S. The van der Waals surface area contributed by atoms with Gasteiger partial charge >= 0.3 is 0 Å². The van der Waals surface area contributed by atoms with Crippen molar-refractivity contribution in [2.45, 2.75) is 46.1 Å². The van der Waals surface area contributed by atoms with E-state index in [-0.39, 0.29) is 17.0 Å². The number of benzene rings is 1. The zero-order valence-electron chi connectivity index (χ0n) is 16.2. The number of thioether (sulfide) groups is 1. The van der Waals surface area contributed by atoms with E-state index in [1.54, 1.807) is 11.8 Å². The summed E-state index contributed by atoms with van der Waals surface area (Å²) >= 11 is 1.61. The lowest BCUT2D eigenvalue weighted by Gasteiger charge is -2.23. The van der Waals surface area contributed by atoms with Gasteiger partial charge in [-0.1, -0.05) is 48.0 Å². The third-order valence-corrected chi connectivity index (χ3v) is 6.13. The van der Waals surface area contributed by atoms with Crippen molar-refractivity contribution in [1.29, 1.82) is 5.26 Å². The molecule has 0 unspecified atom stereocenters. The molecule has 0 amide bonds. The largest absolute Gasteiger partial charge is 0.334 e. The van der Waals surface area contributed by atoms with Crippen molar-refractivity contribution in [2.75, 3.05) is 6.54 Å². The van der Waals surface area contributed by atoms with E-state index >= 15 is 0 Å². The normalized spacial score (nSPS) is 17.9. The summed E-state index contributed by atoms with van der Waals surface area (Å²) in [6, 6.07) is 11.0. The van der Waals surface area contributed by atoms with Crippen LogP contribution in [0.3, 0.4) is 0 Å². The van der Waals surface area contributed by atoms with Crippen LogP contribution in [-0.2, 0) is 13.0 Å². The number of aryl methyl sites for hydroxylation is 2. The predicted molar refractivity (Wildman–Crippen MR) is 120 cm³/mol. The summed E-state index contributed by atoms with van der Waals surface area (Å²) in [5, 5.41) is 21.9. The van der Waals surface area contributed by atoms with E-state index < -0.39 is 0 Å². The van der Waals surface area contributed by atoms with Crippen LogP contribution >= 0.6 is 28.7 Å². The minimum absolute atomic E-state index is 0. The minimum Gasteiger partial charge on any atom is -0.334 e. The predicted octanol–water partition coefficient (Wildman–Crippen LogP) is 5.15. The standard InChI is InChI=1S/C21H23N5S.BrH/c1-3-25-18(16-10-8-15(2)9-11-16)14-27-21(25)17(13-22)20-24-23-19-7-5-4-6-12-26(19)20;/h8-11,14H,3-7,12H2,1-2H3;1H/b21-17+;. The zero-order valence-corrected chi connectivity index (χ0v) is 18.7. The third-order valence-electron chi connectivity index (χ3n) is 5.14. The molecule has 0 spiro atoms. The molecule has 1 aromatic heterocycles. The molecule has 0 atom stereocenters. The highest BCUT2D eigenvalue weighted by Crippen LogP contribution is 2.43. The quantitative estimate of drug-likeness (QED) is 0.596. The van der Waals surface area contributed by atoms with E-state index in [1.807, 2.05) is 0 Å². The fourth-order valence-corrected chi connectivity index (χ4v) is 4.76. The Hall–Kier alpha value is -2.04. The summed E-state index contributed by atoms with van der Waals surface area (Å²) < 4.78 is 2.15. The highest BCUT2D eigenvalue weighted by Gasteiger charge is 2.28. The number of hydrogen-bond donors (Lipinski definition) is 0. The molecule has 0 saturated carbocycles. The van der Waals surface area contributed by atoms with Crippen molar-refractivity contribution >= 4 is 40.0 Å². The van der Waals surface area contributed by atoms with Crippen molar-refractivity contribution < 1.29 is 0 Å². The van der Waals surface area contributed by atoms with Gasteiger partial charge in [-0.3, -0.25) is 0 Å². The molecule has 0 N–H and O–H groups in total. The second kappa shape index (κ2) is 8.97. The summed E-state index contributed by atoms with van der Waals surface area (Å²) in [5.41, 5.74) is 4.18. The summed E-state index contributed by atoms with van der Waals surface area (Å²) in [5.74, 6) is 1.72. The highest BCUT2D eigenvalue weighted by molar-refractivity contribution is 8.93. The number of rotatable bonds is 3. The first-order chi connectivity index (χ1) is 13.2. The fourth-order valence-electron chi connectivity index (χ4n) is 3.67. The molecule has 0 bridgehead atoms. The van der Waals surface area contributed by atoms with Gasteiger partial charge in [-0.05, 0) is 32.3 Å². The number of fused-ring (bicyclic) bond motifs is 1. The monoisotopic (exact) mass is 457 g/mol. The van der Waals surface area contributed by atoms with Gasteiger partial charge in [0.1, 0.15) is 22.5 Å². The van der Waals surface area contributed by atoms with E-state index in [0.29, 0.717) is 11.4 Å². The van der Waals surface area contributed by atoms with Crippen molar-refractivity contribution in [1.82, 2.24) is 19.7 Å². The van der Waals surface area contributed by atoms with Crippen LogP contribution in [0.15, 0.2) is 34.7 Å². The Morgan fingerprint density at radius 1 is 1.18 bits per heavy atom. The number of nitrogens with zero attached hydrogens (tertiary/aromatic N) is 5. The molecule has 28 heavy (non-hydrogen) atoms.